The molecule has 1 aromatic carbocycles. The van der Waals surface area contributed by atoms with Crippen LogP contribution in [0.4, 0.5) is 10.6 Å². The Labute approximate surface area is 190 Å². The molecule has 1 saturated heterocycles. The summed E-state index contributed by atoms with van der Waals surface area (Å²) in [6.45, 7) is 4.77. The Kier molecular flexibility index (Phi) is 5.68. The molecule has 162 valence electrons. The maximum Gasteiger partial charge on any atom is 0.409 e. The molecule has 4 heterocycles. The summed E-state index contributed by atoms with van der Waals surface area (Å²) in [4.78, 5) is 32.4. The van der Waals surface area contributed by atoms with E-state index < -0.39 is 0 Å². The number of pyridine rings is 1. The fourth-order valence-corrected chi connectivity index (χ4v) is 4.85. The van der Waals surface area contributed by atoms with Gasteiger partial charge in [0.1, 0.15) is 16.3 Å². The first-order valence-corrected chi connectivity index (χ1v) is 11.5. The molecule has 0 unspecified atom stereocenters. The number of amides is 1. The molecule has 1 aliphatic heterocycles. The second-order valence-electron chi connectivity index (χ2n) is 7.45. The van der Waals surface area contributed by atoms with Crippen LogP contribution in [0.15, 0.2) is 60.8 Å². The topological polar surface area (TPSA) is 71.5 Å². The molecule has 3 aromatic heterocycles. The first kappa shape index (κ1) is 20.4. The standard InChI is InChI=1S/C24H23N5O2S/c1-2-31-24(30)29-14-12-28(13-15-29)22-18-16-20(17-8-4-3-5-9-17)32-23(18)27-21(26-22)19-10-6-7-11-25-19/h3-11,16H,2,12-15H2,1H3. The quantitative estimate of drug-likeness (QED) is 0.453. The average molecular weight is 446 g/mol. The molecule has 32 heavy (non-hydrogen) atoms. The molecule has 4 aromatic rings. The molecular weight excluding hydrogens is 422 g/mol. The van der Waals surface area contributed by atoms with E-state index in [9.17, 15) is 4.79 Å². The molecule has 0 atom stereocenters. The van der Waals surface area contributed by atoms with E-state index in [1.807, 2.05) is 43.3 Å². The van der Waals surface area contributed by atoms with Crippen LogP contribution in [0.2, 0.25) is 0 Å². The Bertz CT molecular complexity index is 1220. The molecule has 1 aliphatic rings. The van der Waals surface area contributed by atoms with Gasteiger partial charge in [0.15, 0.2) is 5.82 Å². The summed E-state index contributed by atoms with van der Waals surface area (Å²) < 4.78 is 5.16. The van der Waals surface area contributed by atoms with Crippen molar-refractivity contribution in [3.8, 4) is 22.0 Å². The zero-order valence-electron chi connectivity index (χ0n) is 17.8. The zero-order valence-corrected chi connectivity index (χ0v) is 18.6. The van der Waals surface area contributed by atoms with Gasteiger partial charge < -0.3 is 14.5 Å². The van der Waals surface area contributed by atoms with Crippen LogP contribution in [0, 0.1) is 0 Å². The second-order valence-corrected chi connectivity index (χ2v) is 8.48. The smallest absolute Gasteiger partial charge is 0.409 e. The number of aromatic nitrogens is 3. The van der Waals surface area contributed by atoms with Crippen LogP contribution in [0.3, 0.4) is 0 Å². The Morgan fingerprint density at radius 2 is 1.81 bits per heavy atom. The number of nitrogens with zero attached hydrogens (tertiary/aromatic N) is 5. The molecule has 5 rings (SSSR count). The number of fused-ring (bicyclic) bond motifs is 1. The lowest BCUT2D eigenvalue weighted by Gasteiger charge is -2.35. The van der Waals surface area contributed by atoms with Crippen molar-refractivity contribution in [2.45, 2.75) is 6.92 Å². The summed E-state index contributed by atoms with van der Waals surface area (Å²) in [5.74, 6) is 1.50. The minimum absolute atomic E-state index is 0.254. The molecule has 0 aliphatic carbocycles. The first-order valence-electron chi connectivity index (χ1n) is 10.7. The van der Waals surface area contributed by atoms with E-state index in [1.54, 1.807) is 22.4 Å². The van der Waals surface area contributed by atoms with E-state index in [4.69, 9.17) is 14.7 Å². The predicted molar refractivity (Wildman–Crippen MR) is 127 cm³/mol. The highest BCUT2D eigenvalue weighted by Gasteiger charge is 2.25. The summed E-state index contributed by atoms with van der Waals surface area (Å²) in [5.41, 5.74) is 1.91. The van der Waals surface area contributed by atoms with E-state index in [1.165, 1.54) is 0 Å². The van der Waals surface area contributed by atoms with Crippen LogP contribution < -0.4 is 4.90 Å². The predicted octanol–water partition coefficient (Wildman–Crippen LogP) is 4.70. The fraction of sp³-hybridized carbons (Fsp3) is 0.250. The third kappa shape index (κ3) is 4.01. The number of hydrogen-bond donors (Lipinski definition) is 0. The van der Waals surface area contributed by atoms with Crippen molar-refractivity contribution < 1.29 is 9.53 Å². The number of piperazine rings is 1. The van der Waals surface area contributed by atoms with Crippen LogP contribution in [-0.4, -0.2) is 58.7 Å². The number of carbonyl (C=O) groups is 1. The van der Waals surface area contributed by atoms with Crippen molar-refractivity contribution in [2.24, 2.45) is 0 Å². The lowest BCUT2D eigenvalue weighted by Crippen LogP contribution is -2.49. The minimum Gasteiger partial charge on any atom is -0.450 e. The van der Waals surface area contributed by atoms with Gasteiger partial charge in [0, 0.05) is 37.3 Å². The van der Waals surface area contributed by atoms with Crippen molar-refractivity contribution in [1.82, 2.24) is 19.9 Å². The fourth-order valence-electron chi connectivity index (χ4n) is 3.82. The van der Waals surface area contributed by atoms with Gasteiger partial charge in [-0.25, -0.2) is 14.8 Å². The molecule has 7 nitrogen and oxygen atoms in total. The lowest BCUT2D eigenvalue weighted by atomic mass is 10.2. The van der Waals surface area contributed by atoms with Crippen molar-refractivity contribution in [2.75, 3.05) is 37.7 Å². The number of thiophene rings is 1. The SMILES string of the molecule is CCOC(=O)N1CCN(c2nc(-c3ccccn3)nc3sc(-c4ccccc4)cc23)CC1. The number of ether oxygens (including phenoxy) is 1. The number of hydrogen-bond acceptors (Lipinski definition) is 7. The molecule has 0 radical (unpaired) electrons. The van der Waals surface area contributed by atoms with Crippen molar-refractivity contribution in [3.05, 3.63) is 60.8 Å². The molecule has 1 fully saturated rings. The van der Waals surface area contributed by atoms with Gasteiger partial charge in [0.05, 0.1) is 12.0 Å². The highest BCUT2D eigenvalue weighted by molar-refractivity contribution is 7.22. The van der Waals surface area contributed by atoms with Gasteiger partial charge in [-0.05, 0) is 30.7 Å². The van der Waals surface area contributed by atoms with Crippen LogP contribution in [0.1, 0.15) is 6.92 Å². The van der Waals surface area contributed by atoms with Gasteiger partial charge in [-0.3, -0.25) is 4.98 Å². The Morgan fingerprint density at radius 1 is 1.03 bits per heavy atom. The van der Waals surface area contributed by atoms with E-state index >= 15 is 0 Å². The molecule has 8 heteroatoms. The minimum atomic E-state index is -0.254. The van der Waals surface area contributed by atoms with Crippen molar-refractivity contribution in [1.29, 1.82) is 0 Å². The number of anilines is 1. The molecule has 0 saturated carbocycles. The van der Waals surface area contributed by atoms with Crippen LogP contribution in [0.5, 0.6) is 0 Å². The zero-order chi connectivity index (χ0) is 21.9. The molecular formula is C24H23N5O2S. The van der Waals surface area contributed by atoms with Crippen LogP contribution in [0.25, 0.3) is 32.2 Å². The lowest BCUT2D eigenvalue weighted by molar-refractivity contribution is 0.105. The van der Waals surface area contributed by atoms with Crippen LogP contribution >= 0.6 is 11.3 Å². The Hall–Kier alpha value is -3.52. The average Bonchev–Trinajstić information content (AvgIpc) is 3.29. The van der Waals surface area contributed by atoms with E-state index in [-0.39, 0.29) is 6.09 Å². The highest BCUT2D eigenvalue weighted by atomic mass is 32.1. The largest absolute Gasteiger partial charge is 0.450 e. The summed E-state index contributed by atoms with van der Waals surface area (Å²) >= 11 is 1.66. The first-order chi connectivity index (χ1) is 15.7. The van der Waals surface area contributed by atoms with Crippen molar-refractivity contribution in [3.63, 3.8) is 0 Å². The van der Waals surface area contributed by atoms with Gasteiger partial charge >= 0.3 is 6.09 Å². The number of carbonyl (C=O) groups excluding carboxylic acids is 1. The van der Waals surface area contributed by atoms with Gasteiger partial charge in [-0.1, -0.05) is 36.4 Å². The number of benzene rings is 1. The highest BCUT2D eigenvalue weighted by Crippen LogP contribution is 2.38. The van der Waals surface area contributed by atoms with E-state index in [0.717, 1.165) is 32.2 Å². The third-order valence-corrected chi connectivity index (χ3v) is 6.51. The maximum atomic E-state index is 12.1. The third-order valence-electron chi connectivity index (χ3n) is 5.43. The van der Waals surface area contributed by atoms with Crippen LogP contribution in [-0.2, 0) is 4.74 Å². The monoisotopic (exact) mass is 445 g/mol. The molecule has 0 N–H and O–H groups in total. The summed E-state index contributed by atoms with van der Waals surface area (Å²) in [6, 6.07) is 18.2. The Balaban J connectivity index is 1.54. The maximum absolute atomic E-state index is 12.1. The van der Waals surface area contributed by atoms with Crippen molar-refractivity contribution >= 4 is 33.5 Å². The van der Waals surface area contributed by atoms with E-state index in [0.29, 0.717) is 38.6 Å². The van der Waals surface area contributed by atoms with Gasteiger partial charge in [0.25, 0.3) is 0 Å². The molecule has 0 bridgehead atoms. The van der Waals surface area contributed by atoms with Gasteiger partial charge in [0.2, 0.25) is 0 Å². The molecule has 0 spiro atoms. The van der Waals surface area contributed by atoms with Gasteiger partial charge in [-0.2, -0.15) is 0 Å². The Morgan fingerprint density at radius 3 is 2.53 bits per heavy atom. The summed E-state index contributed by atoms with van der Waals surface area (Å²) in [7, 11) is 0. The summed E-state index contributed by atoms with van der Waals surface area (Å²) in [6.07, 6.45) is 1.50. The van der Waals surface area contributed by atoms with Gasteiger partial charge in [-0.15, -0.1) is 11.3 Å². The normalized spacial score (nSPS) is 14.0. The molecule has 1 amide bonds. The van der Waals surface area contributed by atoms with E-state index in [2.05, 4.69) is 28.1 Å². The number of rotatable bonds is 4. The second kappa shape index (κ2) is 8.92. The summed E-state index contributed by atoms with van der Waals surface area (Å²) in [5, 5.41) is 1.03.